The fourth-order valence-electron chi connectivity index (χ4n) is 2.08. The standard InChI is InChI=1S/C15H16F3N3O2/c1-10-6-11(2)21(20-10)9-14(22)19-8-12-4-3-5-13(7-12)23-15(16,17)18/h3-7H,8-9H2,1-2H3,(H,19,22). The molecule has 1 amide bonds. The number of amides is 1. The molecule has 1 aromatic carbocycles. The van der Waals surface area contributed by atoms with Crippen molar-refractivity contribution in [1.29, 1.82) is 0 Å². The fourth-order valence-corrected chi connectivity index (χ4v) is 2.08. The lowest BCUT2D eigenvalue weighted by Crippen LogP contribution is -2.28. The van der Waals surface area contributed by atoms with Gasteiger partial charge < -0.3 is 10.1 Å². The molecule has 0 saturated carbocycles. The first-order valence-corrected chi connectivity index (χ1v) is 6.85. The Hall–Kier alpha value is -2.51. The number of aryl methyl sites for hydroxylation is 2. The van der Waals surface area contributed by atoms with Gasteiger partial charge in [-0.2, -0.15) is 5.10 Å². The van der Waals surface area contributed by atoms with Crippen LogP contribution in [0.1, 0.15) is 17.0 Å². The van der Waals surface area contributed by atoms with Crippen LogP contribution in [0.15, 0.2) is 30.3 Å². The van der Waals surface area contributed by atoms with Gasteiger partial charge in [0.15, 0.2) is 0 Å². The van der Waals surface area contributed by atoms with Crippen LogP contribution in [0.3, 0.4) is 0 Å². The maximum atomic E-state index is 12.2. The summed E-state index contributed by atoms with van der Waals surface area (Å²) in [7, 11) is 0. The van der Waals surface area contributed by atoms with Crippen LogP contribution in [0.4, 0.5) is 13.2 Å². The molecule has 1 aromatic heterocycles. The van der Waals surface area contributed by atoms with E-state index in [2.05, 4.69) is 15.2 Å². The van der Waals surface area contributed by atoms with Crippen molar-refractivity contribution in [3.63, 3.8) is 0 Å². The number of benzene rings is 1. The summed E-state index contributed by atoms with van der Waals surface area (Å²) in [5, 5.41) is 6.81. The zero-order valence-electron chi connectivity index (χ0n) is 12.6. The molecule has 0 fully saturated rings. The van der Waals surface area contributed by atoms with Gasteiger partial charge in [-0.3, -0.25) is 9.48 Å². The molecule has 124 valence electrons. The van der Waals surface area contributed by atoms with Crippen LogP contribution in [0.2, 0.25) is 0 Å². The van der Waals surface area contributed by atoms with Gasteiger partial charge in [0.2, 0.25) is 5.91 Å². The summed E-state index contributed by atoms with van der Waals surface area (Å²) in [4.78, 5) is 11.9. The Bertz CT molecular complexity index is 696. The van der Waals surface area contributed by atoms with E-state index in [9.17, 15) is 18.0 Å². The molecule has 2 aromatic rings. The lowest BCUT2D eigenvalue weighted by atomic mass is 10.2. The van der Waals surface area contributed by atoms with Crippen LogP contribution in [0, 0.1) is 13.8 Å². The Morgan fingerprint density at radius 2 is 2.04 bits per heavy atom. The number of carbonyl (C=O) groups excluding carboxylic acids is 1. The molecular weight excluding hydrogens is 311 g/mol. The average molecular weight is 327 g/mol. The van der Waals surface area contributed by atoms with E-state index in [-0.39, 0.29) is 24.7 Å². The molecule has 0 unspecified atom stereocenters. The molecule has 1 heterocycles. The predicted molar refractivity (Wildman–Crippen MR) is 76.7 cm³/mol. The first-order chi connectivity index (χ1) is 10.7. The Labute approximate surface area is 131 Å². The zero-order chi connectivity index (χ0) is 17.0. The minimum Gasteiger partial charge on any atom is -0.406 e. The number of rotatable bonds is 5. The maximum absolute atomic E-state index is 12.2. The molecule has 0 radical (unpaired) electrons. The number of hydrogen-bond acceptors (Lipinski definition) is 3. The summed E-state index contributed by atoms with van der Waals surface area (Å²) in [6, 6.07) is 7.33. The predicted octanol–water partition coefficient (Wildman–Crippen LogP) is 2.71. The van der Waals surface area contributed by atoms with E-state index < -0.39 is 6.36 Å². The number of nitrogens with zero attached hydrogens (tertiary/aromatic N) is 2. The topological polar surface area (TPSA) is 56.2 Å². The van der Waals surface area contributed by atoms with Gasteiger partial charge in [0.25, 0.3) is 0 Å². The first kappa shape index (κ1) is 16.9. The highest BCUT2D eigenvalue weighted by Crippen LogP contribution is 2.23. The summed E-state index contributed by atoms with van der Waals surface area (Å²) in [5.41, 5.74) is 2.18. The SMILES string of the molecule is Cc1cc(C)n(CC(=O)NCc2cccc(OC(F)(F)F)c2)n1. The molecule has 0 atom stereocenters. The van der Waals surface area contributed by atoms with Crippen LogP contribution >= 0.6 is 0 Å². The summed E-state index contributed by atoms with van der Waals surface area (Å²) < 4.78 is 41.9. The van der Waals surface area contributed by atoms with Crippen molar-refractivity contribution in [3.05, 3.63) is 47.3 Å². The van der Waals surface area contributed by atoms with Gasteiger partial charge in [0.1, 0.15) is 12.3 Å². The fraction of sp³-hybridized carbons (Fsp3) is 0.333. The molecule has 0 aliphatic rings. The van der Waals surface area contributed by atoms with E-state index in [0.717, 1.165) is 11.4 Å². The van der Waals surface area contributed by atoms with E-state index in [1.54, 1.807) is 10.7 Å². The van der Waals surface area contributed by atoms with Crippen LogP contribution < -0.4 is 10.1 Å². The Morgan fingerprint density at radius 3 is 2.65 bits per heavy atom. The van der Waals surface area contributed by atoms with Crippen molar-refractivity contribution in [2.24, 2.45) is 0 Å². The maximum Gasteiger partial charge on any atom is 0.573 e. The minimum atomic E-state index is -4.74. The van der Waals surface area contributed by atoms with Crippen molar-refractivity contribution < 1.29 is 22.7 Å². The highest BCUT2D eigenvalue weighted by Gasteiger charge is 2.31. The summed E-state index contributed by atoms with van der Waals surface area (Å²) in [6.45, 7) is 3.82. The molecule has 5 nitrogen and oxygen atoms in total. The van der Waals surface area contributed by atoms with E-state index in [0.29, 0.717) is 5.56 Å². The van der Waals surface area contributed by atoms with Gasteiger partial charge in [0.05, 0.1) is 5.69 Å². The second kappa shape index (κ2) is 6.72. The zero-order valence-corrected chi connectivity index (χ0v) is 12.6. The molecule has 0 spiro atoms. The normalized spacial score (nSPS) is 11.3. The second-order valence-corrected chi connectivity index (χ2v) is 5.06. The van der Waals surface area contributed by atoms with Crippen LogP contribution in [-0.4, -0.2) is 22.1 Å². The number of halogens is 3. The molecular formula is C15H16F3N3O2. The van der Waals surface area contributed by atoms with Gasteiger partial charge in [-0.25, -0.2) is 0 Å². The third-order valence-corrected chi connectivity index (χ3v) is 3.02. The third-order valence-electron chi connectivity index (χ3n) is 3.02. The lowest BCUT2D eigenvalue weighted by molar-refractivity contribution is -0.274. The van der Waals surface area contributed by atoms with Gasteiger partial charge in [-0.15, -0.1) is 13.2 Å². The van der Waals surface area contributed by atoms with Crippen molar-refractivity contribution in [2.75, 3.05) is 0 Å². The average Bonchev–Trinajstić information content (AvgIpc) is 2.73. The number of hydrogen-bond donors (Lipinski definition) is 1. The van der Waals surface area contributed by atoms with Crippen LogP contribution in [0.25, 0.3) is 0 Å². The molecule has 0 aliphatic heterocycles. The number of carbonyl (C=O) groups is 1. The molecule has 8 heteroatoms. The lowest BCUT2D eigenvalue weighted by Gasteiger charge is -2.11. The van der Waals surface area contributed by atoms with Crippen molar-refractivity contribution >= 4 is 5.91 Å². The quantitative estimate of drug-likeness (QED) is 0.919. The largest absolute Gasteiger partial charge is 0.573 e. The smallest absolute Gasteiger partial charge is 0.406 e. The third kappa shape index (κ3) is 5.32. The first-order valence-electron chi connectivity index (χ1n) is 6.85. The molecule has 0 bridgehead atoms. The highest BCUT2D eigenvalue weighted by molar-refractivity contribution is 5.75. The van der Waals surface area contributed by atoms with Gasteiger partial charge in [-0.05, 0) is 37.6 Å². The molecule has 23 heavy (non-hydrogen) atoms. The van der Waals surface area contributed by atoms with Gasteiger partial charge in [-0.1, -0.05) is 12.1 Å². The molecule has 0 aliphatic carbocycles. The number of aromatic nitrogens is 2. The summed E-state index contributed by atoms with van der Waals surface area (Å²) in [6.07, 6.45) is -4.74. The Balaban J connectivity index is 1.91. The Kier molecular flexibility index (Phi) is 4.92. The molecule has 1 N–H and O–H groups in total. The van der Waals surface area contributed by atoms with Gasteiger partial charge in [0, 0.05) is 12.2 Å². The Morgan fingerprint density at radius 1 is 1.30 bits per heavy atom. The van der Waals surface area contributed by atoms with E-state index >= 15 is 0 Å². The monoisotopic (exact) mass is 327 g/mol. The van der Waals surface area contributed by atoms with Crippen LogP contribution in [-0.2, 0) is 17.9 Å². The van der Waals surface area contributed by atoms with Gasteiger partial charge >= 0.3 is 6.36 Å². The minimum absolute atomic E-state index is 0.0540. The number of ether oxygens (including phenoxy) is 1. The summed E-state index contributed by atoms with van der Waals surface area (Å²) in [5.74, 6) is -0.596. The van der Waals surface area contributed by atoms with Crippen molar-refractivity contribution in [1.82, 2.24) is 15.1 Å². The molecule has 2 rings (SSSR count). The van der Waals surface area contributed by atoms with E-state index in [1.165, 1.54) is 18.2 Å². The summed E-state index contributed by atoms with van der Waals surface area (Å²) >= 11 is 0. The van der Waals surface area contributed by atoms with E-state index in [4.69, 9.17) is 0 Å². The van der Waals surface area contributed by atoms with Crippen LogP contribution in [0.5, 0.6) is 5.75 Å². The highest BCUT2D eigenvalue weighted by atomic mass is 19.4. The second-order valence-electron chi connectivity index (χ2n) is 5.06. The van der Waals surface area contributed by atoms with Crippen molar-refractivity contribution in [3.8, 4) is 5.75 Å². The number of nitrogens with one attached hydrogen (secondary N) is 1. The van der Waals surface area contributed by atoms with Crippen molar-refractivity contribution in [2.45, 2.75) is 33.3 Å². The molecule has 0 saturated heterocycles. The van der Waals surface area contributed by atoms with E-state index in [1.807, 2.05) is 19.9 Å². The number of alkyl halides is 3.